The van der Waals surface area contributed by atoms with Gasteiger partial charge in [0.25, 0.3) is 0 Å². The maximum atomic E-state index is 12.0. The van der Waals surface area contributed by atoms with Gasteiger partial charge in [-0.05, 0) is 17.7 Å². The third kappa shape index (κ3) is 2.99. The van der Waals surface area contributed by atoms with Gasteiger partial charge >= 0.3 is 7.60 Å². The smallest absolute Gasteiger partial charge is 0.409 e. The number of para-hydroxylation sites is 1. The molecule has 2 unspecified atom stereocenters. The molecule has 2 atom stereocenters. The first-order valence-corrected chi connectivity index (χ1v) is 7.04. The number of hydrogen-bond acceptors (Lipinski definition) is 3. The summed E-state index contributed by atoms with van der Waals surface area (Å²) in [5.41, 5.74) is 0.347. The highest BCUT2D eigenvalue weighted by Crippen LogP contribution is 2.54. The summed E-state index contributed by atoms with van der Waals surface area (Å²) in [7, 11) is -4.17. The van der Waals surface area contributed by atoms with E-state index in [4.69, 9.17) is 4.52 Å². The zero-order valence-corrected chi connectivity index (χ0v) is 10.4. The summed E-state index contributed by atoms with van der Waals surface area (Å²) < 4.78 is 16.9. The standard InChI is InChI=1S/C13H13O4P/c14-13(11-7-3-1-4-8-11)18(15,16)17-12-9-5-2-6-10-12/h1-10,13-14H,(H,15,16). The quantitative estimate of drug-likeness (QED) is 0.833. The normalized spacial score (nSPS) is 15.7. The van der Waals surface area contributed by atoms with Crippen LogP contribution in [0.3, 0.4) is 0 Å². The lowest BCUT2D eigenvalue weighted by molar-refractivity contribution is 0.209. The molecular weight excluding hydrogens is 251 g/mol. The molecule has 2 rings (SSSR count). The molecule has 2 aromatic rings. The average Bonchev–Trinajstić information content (AvgIpc) is 2.39. The number of hydrogen-bond donors (Lipinski definition) is 2. The lowest BCUT2D eigenvalue weighted by Gasteiger charge is -2.18. The van der Waals surface area contributed by atoms with Crippen LogP contribution in [-0.2, 0) is 4.57 Å². The fraction of sp³-hybridized carbons (Fsp3) is 0.0769. The number of aliphatic hydroxyl groups excluding tert-OH is 1. The van der Waals surface area contributed by atoms with Gasteiger partial charge in [-0.2, -0.15) is 0 Å². The molecule has 2 aromatic carbocycles. The van der Waals surface area contributed by atoms with Crippen LogP contribution in [0.4, 0.5) is 0 Å². The Morgan fingerprint density at radius 2 is 1.44 bits per heavy atom. The molecule has 0 amide bonds. The van der Waals surface area contributed by atoms with Crippen molar-refractivity contribution in [1.82, 2.24) is 0 Å². The van der Waals surface area contributed by atoms with Crippen molar-refractivity contribution in [1.29, 1.82) is 0 Å². The van der Waals surface area contributed by atoms with Gasteiger partial charge in [-0.1, -0.05) is 48.5 Å². The van der Waals surface area contributed by atoms with Crippen LogP contribution in [0.2, 0.25) is 0 Å². The maximum Gasteiger partial charge on any atom is 0.409 e. The molecule has 0 heterocycles. The van der Waals surface area contributed by atoms with Crippen molar-refractivity contribution in [2.45, 2.75) is 5.85 Å². The Balaban J connectivity index is 2.19. The first-order chi connectivity index (χ1) is 8.59. The highest BCUT2D eigenvalue weighted by molar-refractivity contribution is 7.53. The largest absolute Gasteiger partial charge is 0.423 e. The lowest BCUT2D eigenvalue weighted by Crippen LogP contribution is -2.04. The fourth-order valence-electron chi connectivity index (χ4n) is 1.50. The van der Waals surface area contributed by atoms with E-state index in [-0.39, 0.29) is 5.75 Å². The molecule has 0 bridgehead atoms. The Morgan fingerprint density at radius 1 is 0.944 bits per heavy atom. The molecule has 0 aromatic heterocycles. The Bertz CT molecular complexity index is 541. The van der Waals surface area contributed by atoms with Gasteiger partial charge in [0.2, 0.25) is 0 Å². The van der Waals surface area contributed by atoms with Gasteiger partial charge in [-0.15, -0.1) is 0 Å². The summed E-state index contributed by atoms with van der Waals surface area (Å²) in [6.07, 6.45) is 0. The first kappa shape index (κ1) is 12.8. The van der Waals surface area contributed by atoms with E-state index >= 15 is 0 Å². The zero-order chi connectivity index (χ0) is 13.0. The second-order valence-electron chi connectivity index (χ2n) is 3.75. The lowest BCUT2D eigenvalue weighted by atomic mass is 10.2. The third-order valence-electron chi connectivity index (χ3n) is 2.39. The van der Waals surface area contributed by atoms with Crippen LogP contribution in [-0.4, -0.2) is 10.00 Å². The van der Waals surface area contributed by atoms with E-state index < -0.39 is 13.4 Å². The Hall–Kier alpha value is -1.61. The molecule has 2 N–H and O–H groups in total. The van der Waals surface area contributed by atoms with Gasteiger partial charge in [-0.3, -0.25) is 0 Å². The van der Waals surface area contributed by atoms with Gasteiger partial charge in [-0.25, -0.2) is 4.57 Å². The van der Waals surface area contributed by atoms with E-state index in [1.165, 1.54) is 0 Å². The summed E-state index contributed by atoms with van der Waals surface area (Å²) in [4.78, 5) is 9.77. The predicted octanol–water partition coefficient (Wildman–Crippen LogP) is 2.94. The fourth-order valence-corrected chi connectivity index (χ4v) is 2.57. The van der Waals surface area contributed by atoms with Gasteiger partial charge < -0.3 is 14.5 Å². The Labute approximate surface area is 105 Å². The Morgan fingerprint density at radius 3 is 2.00 bits per heavy atom. The van der Waals surface area contributed by atoms with Crippen LogP contribution in [0.15, 0.2) is 60.7 Å². The SMILES string of the molecule is O=P(O)(Oc1ccccc1)C(O)c1ccccc1. The highest BCUT2D eigenvalue weighted by Gasteiger charge is 2.33. The van der Waals surface area contributed by atoms with E-state index in [2.05, 4.69) is 0 Å². The summed E-state index contributed by atoms with van der Waals surface area (Å²) in [5.74, 6) is -1.31. The zero-order valence-electron chi connectivity index (χ0n) is 9.51. The van der Waals surface area contributed by atoms with Crippen molar-refractivity contribution in [3.63, 3.8) is 0 Å². The minimum Gasteiger partial charge on any atom is -0.423 e. The minimum absolute atomic E-state index is 0.248. The molecule has 0 aliphatic heterocycles. The predicted molar refractivity (Wildman–Crippen MR) is 68.3 cm³/mol. The van der Waals surface area contributed by atoms with Gasteiger partial charge in [0, 0.05) is 0 Å². The third-order valence-corrected chi connectivity index (χ3v) is 3.77. The molecule has 18 heavy (non-hydrogen) atoms. The molecular formula is C13H13O4P. The van der Waals surface area contributed by atoms with Crippen molar-refractivity contribution in [2.24, 2.45) is 0 Å². The summed E-state index contributed by atoms with van der Waals surface area (Å²) >= 11 is 0. The van der Waals surface area contributed by atoms with E-state index in [0.717, 1.165) is 0 Å². The van der Waals surface area contributed by atoms with Gasteiger partial charge in [0.1, 0.15) is 5.75 Å². The van der Waals surface area contributed by atoms with Crippen molar-refractivity contribution in [2.75, 3.05) is 0 Å². The van der Waals surface area contributed by atoms with Crippen molar-refractivity contribution in [3.05, 3.63) is 66.2 Å². The molecule has 94 valence electrons. The molecule has 0 saturated carbocycles. The topological polar surface area (TPSA) is 66.8 Å². The summed E-state index contributed by atoms with van der Waals surface area (Å²) in [6, 6.07) is 16.5. The number of benzene rings is 2. The second-order valence-corrected chi connectivity index (χ2v) is 5.55. The van der Waals surface area contributed by atoms with Crippen LogP contribution >= 0.6 is 7.60 Å². The van der Waals surface area contributed by atoms with E-state index in [0.29, 0.717) is 5.56 Å². The average molecular weight is 264 g/mol. The molecule has 0 aliphatic carbocycles. The Kier molecular flexibility index (Phi) is 3.82. The second kappa shape index (κ2) is 5.36. The van der Waals surface area contributed by atoms with Crippen LogP contribution < -0.4 is 4.52 Å². The molecule has 0 spiro atoms. The van der Waals surface area contributed by atoms with Crippen LogP contribution in [0.25, 0.3) is 0 Å². The van der Waals surface area contributed by atoms with Crippen molar-refractivity contribution < 1.29 is 19.1 Å². The minimum atomic E-state index is -4.17. The molecule has 0 radical (unpaired) electrons. The van der Waals surface area contributed by atoms with E-state index in [9.17, 15) is 14.6 Å². The van der Waals surface area contributed by atoms with Crippen molar-refractivity contribution >= 4 is 7.60 Å². The van der Waals surface area contributed by atoms with Crippen LogP contribution in [0.1, 0.15) is 11.4 Å². The van der Waals surface area contributed by atoms with Gasteiger partial charge in [0.15, 0.2) is 5.85 Å². The molecule has 5 heteroatoms. The summed E-state index contributed by atoms with van der Waals surface area (Å²) in [5, 5.41) is 9.87. The van der Waals surface area contributed by atoms with Crippen LogP contribution in [0, 0.1) is 0 Å². The number of aliphatic hydroxyl groups is 1. The molecule has 0 fully saturated rings. The van der Waals surface area contributed by atoms with E-state index in [1.807, 2.05) is 0 Å². The maximum absolute atomic E-state index is 12.0. The van der Waals surface area contributed by atoms with Crippen LogP contribution in [0.5, 0.6) is 5.75 Å². The molecule has 0 aliphatic rings. The number of rotatable bonds is 4. The highest BCUT2D eigenvalue weighted by atomic mass is 31.2. The summed E-state index contributed by atoms with van der Waals surface area (Å²) in [6.45, 7) is 0. The first-order valence-electron chi connectivity index (χ1n) is 5.40. The monoisotopic (exact) mass is 264 g/mol. The molecule has 0 saturated heterocycles. The molecule has 4 nitrogen and oxygen atoms in total. The van der Waals surface area contributed by atoms with Gasteiger partial charge in [0.05, 0.1) is 0 Å². The van der Waals surface area contributed by atoms with E-state index in [1.54, 1.807) is 60.7 Å². The van der Waals surface area contributed by atoms with Crippen molar-refractivity contribution in [3.8, 4) is 5.75 Å².